The van der Waals surface area contributed by atoms with Gasteiger partial charge in [0, 0.05) is 18.8 Å². The summed E-state index contributed by atoms with van der Waals surface area (Å²) in [5.74, 6) is -0.112. The number of hydrogen-bond acceptors (Lipinski definition) is 6. The molecule has 1 unspecified atom stereocenters. The van der Waals surface area contributed by atoms with Gasteiger partial charge in [-0.1, -0.05) is 12.1 Å². The van der Waals surface area contributed by atoms with Gasteiger partial charge in [-0.15, -0.1) is 0 Å². The fourth-order valence-corrected chi connectivity index (χ4v) is 3.54. The number of aromatic nitrogens is 1. The maximum absolute atomic E-state index is 12.9. The molecule has 0 fully saturated rings. The first-order valence-corrected chi connectivity index (χ1v) is 10.2. The summed E-state index contributed by atoms with van der Waals surface area (Å²) in [6.07, 6.45) is 3.90. The zero-order valence-corrected chi connectivity index (χ0v) is 16.5. The van der Waals surface area contributed by atoms with E-state index in [1.807, 2.05) is 6.26 Å². The zero-order chi connectivity index (χ0) is 20.1. The maximum atomic E-state index is 12.9. The summed E-state index contributed by atoms with van der Waals surface area (Å²) in [5.41, 5.74) is 1.49. The number of fused-ring (bicyclic) bond motifs is 1. The normalized spacial score (nSPS) is 14.0. The molecular weight excluding hydrogens is 378 g/mol. The number of imide groups is 1. The Morgan fingerprint density at radius 1 is 1.21 bits per heavy atom. The Morgan fingerprint density at radius 3 is 2.50 bits per heavy atom. The molecule has 8 heteroatoms. The number of methoxy groups -OCH3 is 1. The Kier molecular flexibility index (Phi) is 6.30. The molecule has 0 spiro atoms. The van der Waals surface area contributed by atoms with Crippen molar-refractivity contribution >= 4 is 29.5 Å². The predicted octanol–water partition coefficient (Wildman–Crippen LogP) is 2.12. The number of pyridine rings is 1. The van der Waals surface area contributed by atoms with Crippen LogP contribution in [0, 0.1) is 0 Å². The van der Waals surface area contributed by atoms with Gasteiger partial charge in [-0.05, 0) is 42.2 Å². The van der Waals surface area contributed by atoms with Crippen LogP contribution in [0.3, 0.4) is 0 Å². The standard InChI is InChI=1S/C20H21N3O4S/c1-27-17-11-13(7-9-21-17)12-22-18(24)16(8-10-28-2)23-19(25)14-5-3-4-6-15(14)20(23)26/h3-7,9,11,16H,8,10,12H2,1-2H3,(H,22,24). The first-order chi connectivity index (χ1) is 13.6. The fraction of sp³-hybridized carbons (Fsp3) is 0.300. The van der Waals surface area contributed by atoms with Gasteiger partial charge in [0.15, 0.2) is 0 Å². The first kappa shape index (κ1) is 19.9. The molecule has 2 aromatic rings. The highest BCUT2D eigenvalue weighted by molar-refractivity contribution is 7.98. The van der Waals surface area contributed by atoms with Crippen LogP contribution >= 0.6 is 11.8 Å². The van der Waals surface area contributed by atoms with E-state index in [0.717, 1.165) is 10.5 Å². The predicted molar refractivity (Wildman–Crippen MR) is 106 cm³/mol. The Balaban J connectivity index is 1.77. The summed E-state index contributed by atoms with van der Waals surface area (Å²) in [6, 6.07) is 9.28. The van der Waals surface area contributed by atoms with Gasteiger partial charge in [0.25, 0.3) is 11.8 Å². The molecular formula is C20H21N3O4S. The van der Waals surface area contributed by atoms with Crippen LogP contribution in [0.15, 0.2) is 42.6 Å². The van der Waals surface area contributed by atoms with Gasteiger partial charge < -0.3 is 10.1 Å². The number of thioether (sulfide) groups is 1. The van der Waals surface area contributed by atoms with E-state index in [1.54, 1.807) is 54.4 Å². The van der Waals surface area contributed by atoms with E-state index in [2.05, 4.69) is 10.3 Å². The molecule has 0 radical (unpaired) electrons. The second-order valence-corrected chi connectivity index (χ2v) is 7.23. The number of hydrogen-bond donors (Lipinski definition) is 1. The highest BCUT2D eigenvalue weighted by Gasteiger charge is 2.42. The van der Waals surface area contributed by atoms with Crippen molar-refractivity contribution in [2.75, 3.05) is 19.1 Å². The van der Waals surface area contributed by atoms with Crippen molar-refractivity contribution in [2.24, 2.45) is 0 Å². The molecule has 2 heterocycles. The monoisotopic (exact) mass is 399 g/mol. The molecule has 1 atom stereocenters. The molecule has 0 saturated heterocycles. The number of amides is 3. The molecule has 1 aliphatic heterocycles. The molecule has 0 saturated carbocycles. The van der Waals surface area contributed by atoms with E-state index < -0.39 is 17.9 Å². The lowest BCUT2D eigenvalue weighted by molar-refractivity contribution is -0.125. The molecule has 3 amide bonds. The lowest BCUT2D eigenvalue weighted by Crippen LogP contribution is -2.49. The summed E-state index contributed by atoms with van der Waals surface area (Å²) >= 11 is 1.56. The second-order valence-electron chi connectivity index (χ2n) is 6.25. The number of nitrogens with zero attached hydrogens (tertiary/aromatic N) is 2. The van der Waals surface area contributed by atoms with E-state index >= 15 is 0 Å². The SMILES string of the molecule is COc1cc(CNC(=O)C(CCSC)N2C(=O)c3ccccc3C2=O)ccn1. The van der Waals surface area contributed by atoms with Crippen molar-refractivity contribution in [3.05, 3.63) is 59.3 Å². The molecule has 1 aromatic heterocycles. The van der Waals surface area contributed by atoms with Gasteiger partial charge in [-0.25, -0.2) is 4.98 Å². The summed E-state index contributed by atoms with van der Waals surface area (Å²) in [6.45, 7) is 0.247. The van der Waals surface area contributed by atoms with Gasteiger partial charge in [-0.3, -0.25) is 19.3 Å². The molecule has 7 nitrogen and oxygen atoms in total. The largest absolute Gasteiger partial charge is 0.481 e. The summed E-state index contributed by atoms with van der Waals surface area (Å²) < 4.78 is 5.08. The average Bonchev–Trinajstić information content (AvgIpc) is 2.98. The van der Waals surface area contributed by atoms with Gasteiger partial charge in [0.1, 0.15) is 6.04 Å². The summed E-state index contributed by atoms with van der Waals surface area (Å²) in [4.78, 5) is 43.5. The molecule has 1 aromatic carbocycles. The number of rotatable bonds is 8. The molecule has 1 aliphatic rings. The van der Waals surface area contributed by atoms with E-state index in [1.165, 1.54) is 7.11 Å². The van der Waals surface area contributed by atoms with Crippen LogP contribution in [0.2, 0.25) is 0 Å². The maximum Gasteiger partial charge on any atom is 0.262 e. The zero-order valence-electron chi connectivity index (χ0n) is 15.7. The van der Waals surface area contributed by atoms with Crippen LogP contribution < -0.4 is 10.1 Å². The quantitative estimate of drug-likeness (QED) is 0.684. The summed E-state index contributed by atoms with van der Waals surface area (Å²) in [5, 5.41) is 2.83. The van der Waals surface area contributed by atoms with Crippen molar-refractivity contribution in [2.45, 2.75) is 19.0 Å². The van der Waals surface area contributed by atoms with Crippen LogP contribution in [-0.4, -0.2) is 52.8 Å². The first-order valence-electron chi connectivity index (χ1n) is 8.79. The van der Waals surface area contributed by atoms with Gasteiger partial charge in [-0.2, -0.15) is 11.8 Å². The lowest BCUT2D eigenvalue weighted by Gasteiger charge is -2.25. The smallest absolute Gasteiger partial charge is 0.262 e. The van der Waals surface area contributed by atoms with E-state index in [9.17, 15) is 14.4 Å². The van der Waals surface area contributed by atoms with E-state index in [0.29, 0.717) is 29.2 Å². The van der Waals surface area contributed by atoms with Crippen LogP contribution in [0.25, 0.3) is 0 Å². The number of carbonyl (C=O) groups is 3. The Morgan fingerprint density at radius 2 is 1.89 bits per heavy atom. The fourth-order valence-electron chi connectivity index (χ4n) is 3.08. The Hall–Kier alpha value is -2.87. The van der Waals surface area contributed by atoms with Crippen LogP contribution in [0.4, 0.5) is 0 Å². The number of ether oxygens (including phenoxy) is 1. The molecule has 0 bridgehead atoms. The van der Waals surface area contributed by atoms with Gasteiger partial charge >= 0.3 is 0 Å². The minimum atomic E-state index is -0.858. The topological polar surface area (TPSA) is 88.6 Å². The molecule has 146 valence electrons. The van der Waals surface area contributed by atoms with E-state index in [-0.39, 0.29) is 12.5 Å². The van der Waals surface area contributed by atoms with Crippen molar-refractivity contribution in [3.8, 4) is 5.88 Å². The summed E-state index contributed by atoms with van der Waals surface area (Å²) in [7, 11) is 1.52. The van der Waals surface area contributed by atoms with Gasteiger partial charge in [0.2, 0.25) is 11.8 Å². The number of benzene rings is 1. The molecule has 28 heavy (non-hydrogen) atoms. The van der Waals surface area contributed by atoms with Crippen molar-refractivity contribution in [3.63, 3.8) is 0 Å². The minimum Gasteiger partial charge on any atom is -0.481 e. The highest BCUT2D eigenvalue weighted by atomic mass is 32.2. The van der Waals surface area contributed by atoms with Crippen molar-refractivity contribution in [1.29, 1.82) is 0 Å². The van der Waals surface area contributed by atoms with Crippen molar-refractivity contribution < 1.29 is 19.1 Å². The molecule has 0 aliphatic carbocycles. The second kappa shape index (κ2) is 8.88. The minimum absolute atomic E-state index is 0.247. The third-order valence-electron chi connectivity index (χ3n) is 4.51. The van der Waals surface area contributed by atoms with Gasteiger partial charge in [0.05, 0.1) is 18.2 Å². The van der Waals surface area contributed by atoms with E-state index in [4.69, 9.17) is 4.74 Å². The van der Waals surface area contributed by atoms with Crippen LogP contribution in [0.1, 0.15) is 32.7 Å². The van der Waals surface area contributed by atoms with Crippen LogP contribution in [0.5, 0.6) is 5.88 Å². The third-order valence-corrected chi connectivity index (χ3v) is 5.15. The molecule has 1 N–H and O–H groups in total. The number of nitrogens with one attached hydrogen (secondary N) is 1. The lowest BCUT2D eigenvalue weighted by atomic mass is 10.1. The molecule has 3 rings (SSSR count). The van der Waals surface area contributed by atoms with Crippen molar-refractivity contribution in [1.82, 2.24) is 15.2 Å². The average molecular weight is 399 g/mol. The Labute approximate surface area is 167 Å². The third kappa shape index (κ3) is 4.01. The highest BCUT2D eigenvalue weighted by Crippen LogP contribution is 2.26. The van der Waals surface area contributed by atoms with Crippen LogP contribution in [-0.2, 0) is 11.3 Å². The number of carbonyl (C=O) groups excluding carboxylic acids is 3. The Bertz CT molecular complexity index is 868.